The summed E-state index contributed by atoms with van der Waals surface area (Å²) in [5.74, 6) is 0.300. The highest BCUT2D eigenvalue weighted by Gasteiger charge is 2.44. The fourth-order valence-electron chi connectivity index (χ4n) is 5.55. The molecule has 44 heavy (non-hydrogen) atoms. The first kappa shape index (κ1) is 31.8. The third-order valence-electron chi connectivity index (χ3n) is 8.14. The van der Waals surface area contributed by atoms with Crippen LogP contribution in [0, 0.1) is 0 Å². The number of nitrogens with zero attached hydrogens (tertiary/aromatic N) is 1. The molecule has 3 aromatic rings. The maximum atomic E-state index is 14.2. The maximum Gasteiger partial charge on any atom is 0.239 e. The normalized spacial score (nSPS) is 23.9. The average Bonchev–Trinajstić information content (AvgIpc) is 3.53. The van der Waals surface area contributed by atoms with Crippen LogP contribution < -0.4 is 19.6 Å². The second-order valence-corrected chi connectivity index (χ2v) is 11.6. The Morgan fingerprint density at radius 1 is 1.07 bits per heavy atom. The fourth-order valence-corrected chi connectivity index (χ4v) is 5.55. The number of phenols is 1. The van der Waals surface area contributed by atoms with E-state index in [4.69, 9.17) is 23.4 Å². The summed E-state index contributed by atoms with van der Waals surface area (Å²) in [6.45, 7) is 8.61. The van der Waals surface area contributed by atoms with E-state index in [1.165, 1.54) is 20.1 Å². The van der Waals surface area contributed by atoms with Crippen LogP contribution in [-0.2, 0) is 11.2 Å². The number of methoxy groups -OCH3 is 1. The van der Waals surface area contributed by atoms with Gasteiger partial charge in [-0.2, -0.15) is 0 Å². The van der Waals surface area contributed by atoms with Crippen LogP contribution in [0.3, 0.4) is 0 Å². The Balaban J connectivity index is 1.66. The van der Waals surface area contributed by atoms with Crippen molar-refractivity contribution in [3.8, 4) is 34.3 Å². The minimum absolute atomic E-state index is 0.0151. The molecular weight excluding hydrogens is 570 g/mol. The van der Waals surface area contributed by atoms with Crippen molar-refractivity contribution in [3.05, 3.63) is 57.8 Å². The fraction of sp³-hybridized carbons (Fsp3) is 0.485. The number of hydrogen-bond donors (Lipinski definition) is 4. The molecule has 2 fully saturated rings. The van der Waals surface area contributed by atoms with Crippen molar-refractivity contribution in [2.75, 3.05) is 33.4 Å². The van der Waals surface area contributed by atoms with Crippen molar-refractivity contribution >= 4 is 11.0 Å². The SMILES string of the molecule is COc1ccc(-c2oc3c(CC=C(C)C)c(OCCN4CCCC4)cc(O)c3c(=O)c2O[C@@H]2O[C@@H](C)[C@H](O)[C@@H](O)[C@H]2O)cc1. The molecule has 238 valence electrons. The zero-order valence-corrected chi connectivity index (χ0v) is 25.5. The van der Waals surface area contributed by atoms with Gasteiger partial charge >= 0.3 is 0 Å². The quantitative estimate of drug-likeness (QED) is 0.250. The van der Waals surface area contributed by atoms with E-state index in [2.05, 4.69) is 4.90 Å². The number of aliphatic hydroxyl groups is 3. The minimum atomic E-state index is -1.67. The molecule has 4 N–H and O–H groups in total. The number of ether oxygens (including phenoxy) is 4. The molecule has 0 bridgehead atoms. The number of hydrogen-bond acceptors (Lipinski definition) is 11. The van der Waals surface area contributed by atoms with Crippen LogP contribution in [0.15, 0.2) is 51.2 Å². The van der Waals surface area contributed by atoms with Gasteiger partial charge in [-0.1, -0.05) is 11.6 Å². The predicted octanol–water partition coefficient (Wildman–Crippen LogP) is 3.36. The van der Waals surface area contributed by atoms with Crippen LogP contribution in [0.4, 0.5) is 0 Å². The van der Waals surface area contributed by atoms with Crippen molar-refractivity contribution < 1.29 is 43.8 Å². The van der Waals surface area contributed by atoms with Gasteiger partial charge in [0.2, 0.25) is 17.5 Å². The molecule has 2 saturated heterocycles. The molecule has 2 aliphatic heterocycles. The number of likely N-dealkylation sites (tertiary alicyclic amines) is 1. The van der Waals surface area contributed by atoms with Gasteiger partial charge in [0.25, 0.3) is 0 Å². The molecule has 3 heterocycles. The van der Waals surface area contributed by atoms with Gasteiger partial charge in [-0.3, -0.25) is 9.69 Å². The van der Waals surface area contributed by atoms with Crippen molar-refractivity contribution in [1.82, 2.24) is 4.90 Å². The average molecular weight is 612 g/mol. The highest BCUT2D eigenvalue weighted by Crippen LogP contribution is 2.41. The molecule has 5 rings (SSSR count). The van der Waals surface area contributed by atoms with Gasteiger partial charge in [0, 0.05) is 23.7 Å². The number of rotatable bonds is 10. The molecule has 0 saturated carbocycles. The Kier molecular flexibility index (Phi) is 9.81. The standard InChI is InChI=1S/C33H41NO10/c1-18(2)7-12-22-24(41-16-15-34-13-5-6-14-34)17-23(35)25-27(37)32(44-33-29(39)28(38)26(36)19(3)42-33)30(43-31(22)25)20-8-10-21(40-4)11-9-20/h7-11,17,19,26,28-29,33,35-36,38-39H,5-6,12-16H2,1-4H3/t19-,26-,28+,29+,33-/m0/s1. The molecule has 0 aliphatic carbocycles. The number of aromatic hydroxyl groups is 1. The summed E-state index contributed by atoms with van der Waals surface area (Å²) in [4.78, 5) is 16.5. The van der Waals surface area contributed by atoms with Gasteiger partial charge in [0.15, 0.2) is 5.76 Å². The highest BCUT2D eigenvalue weighted by atomic mass is 16.7. The third-order valence-corrected chi connectivity index (χ3v) is 8.14. The lowest BCUT2D eigenvalue weighted by Crippen LogP contribution is -2.58. The first-order valence-corrected chi connectivity index (χ1v) is 14.9. The Bertz CT molecular complexity index is 1540. The molecule has 2 aliphatic rings. The van der Waals surface area contributed by atoms with Gasteiger partial charge in [-0.05, 0) is 77.4 Å². The van der Waals surface area contributed by atoms with Crippen molar-refractivity contribution in [1.29, 1.82) is 0 Å². The Morgan fingerprint density at radius 2 is 1.77 bits per heavy atom. The number of fused-ring (bicyclic) bond motifs is 1. The molecule has 1 aromatic heterocycles. The van der Waals surface area contributed by atoms with Gasteiger partial charge in [-0.15, -0.1) is 0 Å². The zero-order chi connectivity index (χ0) is 31.5. The van der Waals surface area contributed by atoms with Gasteiger partial charge in [0.05, 0.1) is 13.2 Å². The summed E-state index contributed by atoms with van der Waals surface area (Å²) in [5, 5.41) is 42.2. The van der Waals surface area contributed by atoms with E-state index in [-0.39, 0.29) is 28.2 Å². The lowest BCUT2D eigenvalue weighted by molar-refractivity contribution is -0.268. The Hall–Kier alpha value is -3.61. The van der Waals surface area contributed by atoms with E-state index in [1.807, 2.05) is 19.9 Å². The monoisotopic (exact) mass is 611 g/mol. The largest absolute Gasteiger partial charge is 0.507 e. The van der Waals surface area contributed by atoms with Crippen LogP contribution >= 0.6 is 0 Å². The first-order chi connectivity index (χ1) is 21.1. The summed E-state index contributed by atoms with van der Waals surface area (Å²) in [6, 6.07) is 8.17. The molecule has 0 radical (unpaired) electrons. The van der Waals surface area contributed by atoms with Crippen LogP contribution in [0.5, 0.6) is 23.0 Å². The lowest BCUT2D eigenvalue weighted by Gasteiger charge is -2.38. The lowest BCUT2D eigenvalue weighted by atomic mass is 10.00. The van der Waals surface area contributed by atoms with E-state index < -0.39 is 36.1 Å². The molecule has 0 spiro atoms. The molecular formula is C33H41NO10. The Labute approximate surface area is 255 Å². The number of benzene rings is 2. The molecule has 11 nitrogen and oxygen atoms in total. The Morgan fingerprint density at radius 3 is 2.43 bits per heavy atom. The van der Waals surface area contributed by atoms with E-state index in [1.54, 1.807) is 24.3 Å². The third kappa shape index (κ3) is 6.57. The summed E-state index contributed by atoms with van der Waals surface area (Å²) in [6.07, 6.45) is -2.35. The van der Waals surface area contributed by atoms with Crippen LogP contribution in [0.2, 0.25) is 0 Å². The summed E-state index contributed by atoms with van der Waals surface area (Å²) >= 11 is 0. The second-order valence-electron chi connectivity index (χ2n) is 11.6. The van der Waals surface area contributed by atoms with Crippen LogP contribution in [0.25, 0.3) is 22.3 Å². The number of aliphatic hydroxyl groups excluding tert-OH is 3. The molecule has 0 unspecified atom stereocenters. The van der Waals surface area contributed by atoms with Crippen LogP contribution in [-0.4, -0.2) is 89.4 Å². The molecule has 11 heteroatoms. The molecule has 5 atom stereocenters. The smallest absolute Gasteiger partial charge is 0.239 e. The highest BCUT2D eigenvalue weighted by molar-refractivity contribution is 5.91. The maximum absolute atomic E-state index is 14.2. The van der Waals surface area contributed by atoms with Crippen LogP contribution in [0.1, 0.15) is 39.2 Å². The van der Waals surface area contributed by atoms with E-state index in [0.717, 1.165) is 38.0 Å². The van der Waals surface area contributed by atoms with Gasteiger partial charge < -0.3 is 43.8 Å². The summed E-state index contributed by atoms with van der Waals surface area (Å²) in [5.41, 5.74) is 1.51. The van der Waals surface area contributed by atoms with Crippen molar-refractivity contribution in [2.24, 2.45) is 0 Å². The minimum Gasteiger partial charge on any atom is -0.507 e. The first-order valence-electron chi connectivity index (χ1n) is 14.9. The predicted molar refractivity (Wildman–Crippen MR) is 163 cm³/mol. The van der Waals surface area contributed by atoms with E-state index >= 15 is 0 Å². The van der Waals surface area contributed by atoms with Gasteiger partial charge in [0.1, 0.15) is 53.1 Å². The van der Waals surface area contributed by atoms with Gasteiger partial charge in [-0.25, -0.2) is 0 Å². The summed E-state index contributed by atoms with van der Waals surface area (Å²) < 4.78 is 29.5. The van der Waals surface area contributed by atoms with E-state index in [9.17, 15) is 25.2 Å². The van der Waals surface area contributed by atoms with Crippen molar-refractivity contribution in [3.63, 3.8) is 0 Å². The summed E-state index contributed by atoms with van der Waals surface area (Å²) in [7, 11) is 1.53. The number of phenolic OH excluding ortho intramolecular Hbond substituents is 1. The molecule has 2 aromatic carbocycles. The number of allylic oxidation sites excluding steroid dienone is 2. The van der Waals surface area contributed by atoms with Crippen molar-refractivity contribution in [2.45, 2.75) is 70.7 Å². The van der Waals surface area contributed by atoms with E-state index in [0.29, 0.717) is 35.7 Å². The zero-order valence-electron chi connectivity index (χ0n) is 25.5. The molecule has 0 amide bonds. The second kappa shape index (κ2) is 13.6. The topological polar surface area (TPSA) is 151 Å².